The fourth-order valence-corrected chi connectivity index (χ4v) is 1.54. The van der Waals surface area contributed by atoms with E-state index in [1.807, 2.05) is 12.1 Å². The first-order chi connectivity index (χ1) is 8.75. The van der Waals surface area contributed by atoms with Crippen molar-refractivity contribution in [3.63, 3.8) is 0 Å². The molecule has 0 aliphatic rings. The lowest BCUT2D eigenvalue weighted by Gasteiger charge is -2.09. The summed E-state index contributed by atoms with van der Waals surface area (Å²) in [5.74, 6) is 0.724. The average Bonchev–Trinajstić information content (AvgIpc) is 2.38. The molecule has 0 aliphatic heterocycles. The summed E-state index contributed by atoms with van der Waals surface area (Å²) in [6.45, 7) is 2.70. The van der Waals surface area contributed by atoms with Crippen molar-refractivity contribution in [2.75, 3.05) is 38.8 Å². The van der Waals surface area contributed by atoms with Crippen LogP contribution in [-0.4, -0.2) is 43.4 Å². The van der Waals surface area contributed by atoms with E-state index in [4.69, 9.17) is 27.4 Å². The molecule has 0 aliphatic carbocycles. The highest BCUT2D eigenvalue weighted by Crippen LogP contribution is 2.10. The van der Waals surface area contributed by atoms with Crippen LogP contribution in [0.15, 0.2) is 18.3 Å². The third-order valence-corrected chi connectivity index (χ3v) is 2.48. The topological polar surface area (TPSA) is 69.4 Å². The van der Waals surface area contributed by atoms with E-state index in [0.717, 1.165) is 24.3 Å². The molecule has 1 heterocycles. The molecule has 3 N–H and O–H groups in total. The minimum Gasteiger partial charge on any atom is -0.389 e. The van der Waals surface area contributed by atoms with E-state index in [1.165, 1.54) is 0 Å². The lowest BCUT2D eigenvalue weighted by molar-refractivity contribution is 0.0705. The molecular formula is C12H19N3O2S. The Labute approximate surface area is 113 Å². The Morgan fingerprint density at radius 1 is 1.44 bits per heavy atom. The number of ether oxygens (including phenoxy) is 2. The molecule has 0 saturated carbocycles. The van der Waals surface area contributed by atoms with Gasteiger partial charge in [-0.15, -0.1) is 0 Å². The number of nitrogens with one attached hydrogen (secondary N) is 1. The number of hydrogen-bond acceptors (Lipinski definition) is 5. The number of thiocarbonyl (C=S) groups is 1. The zero-order valence-corrected chi connectivity index (χ0v) is 11.3. The molecule has 1 rings (SSSR count). The van der Waals surface area contributed by atoms with E-state index in [9.17, 15) is 0 Å². The van der Waals surface area contributed by atoms with Crippen LogP contribution in [0.25, 0.3) is 0 Å². The van der Waals surface area contributed by atoms with Gasteiger partial charge in [-0.2, -0.15) is 0 Å². The molecule has 0 amide bonds. The molecule has 0 saturated heterocycles. The normalized spacial score (nSPS) is 10.3. The van der Waals surface area contributed by atoms with Crippen molar-refractivity contribution in [1.82, 2.24) is 4.98 Å². The zero-order valence-electron chi connectivity index (χ0n) is 10.5. The first-order valence-electron chi connectivity index (χ1n) is 5.81. The van der Waals surface area contributed by atoms with Gasteiger partial charge in [0, 0.05) is 26.5 Å². The minimum atomic E-state index is 0.349. The maximum atomic E-state index is 5.61. The Morgan fingerprint density at radius 3 is 3.00 bits per heavy atom. The van der Waals surface area contributed by atoms with Crippen molar-refractivity contribution in [3.05, 3.63) is 23.9 Å². The summed E-state index contributed by atoms with van der Waals surface area (Å²) < 4.78 is 10.2. The van der Waals surface area contributed by atoms with E-state index in [1.54, 1.807) is 13.3 Å². The quantitative estimate of drug-likeness (QED) is 0.518. The third-order valence-electron chi connectivity index (χ3n) is 2.26. The van der Waals surface area contributed by atoms with Gasteiger partial charge in [0.05, 0.1) is 18.8 Å². The maximum absolute atomic E-state index is 5.61. The number of rotatable bonds is 9. The SMILES string of the molecule is COCCOCCCNc1ncccc1C(N)=S. The lowest BCUT2D eigenvalue weighted by Crippen LogP contribution is -2.15. The second-order valence-electron chi connectivity index (χ2n) is 3.65. The van der Waals surface area contributed by atoms with E-state index in [-0.39, 0.29) is 0 Å². The van der Waals surface area contributed by atoms with Crippen molar-refractivity contribution in [3.8, 4) is 0 Å². The predicted molar refractivity (Wildman–Crippen MR) is 75.9 cm³/mol. The van der Waals surface area contributed by atoms with E-state index < -0.39 is 0 Å². The fourth-order valence-electron chi connectivity index (χ4n) is 1.37. The van der Waals surface area contributed by atoms with Crippen LogP contribution < -0.4 is 11.1 Å². The van der Waals surface area contributed by atoms with Crippen LogP contribution in [0.3, 0.4) is 0 Å². The average molecular weight is 269 g/mol. The van der Waals surface area contributed by atoms with Gasteiger partial charge in [-0.1, -0.05) is 12.2 Å². The fraction of sp³-hybridized carbons (Fsp3) is 0.500. The molecule has 0 aromatic carbocycles. The summed E-state index contributed by atoms with van der Waals surface area (Å²) in [4.78, 5) is 4.56. The highest BCUT2D eigenvalue weighted by atomic mass is 32.1. The number of aromatic nitrogens is 1. The Morgan fingerprint density at radius 2 is 2.28 bits per heavy atom. The van der Waals surface area contributed by atoms with Crippen LogP contribution in [0, 0.1) is 0 Å². The molecule has 1 aromatic rings. The summed E-state index contributed by atoms with van der Waals surface area (Å²) in [5, 5.41) is 3.20. The first kappa shape index (κ1) is 14.8. The summed E-state index contributed by atoms with van der Waals surface area (Å²) in [6.07, 6.45) is 2.59. The second kappa shape index (κ2) is 8.79. The molecule has 18 heavy (non-hydrogen) atoms. The number of methoxy groups -OCH3 is 1. The van der Waals surface area contributed by atoms with Gasteiger partial charge < -0.3 is 20.5 Å². The van der Waals surface area contributed by atoms with Gasteiger partial charge >= 0.3 is 0 Å². The van der Waals surface area contributed by atoms with Gasteiger partial charge in [0.25, 0.3) is 0 Å². The van der Waals surface area contributed by atoms with Crippen LogP contribution in [0.2, 0.25) is 0 Å². The van der Waals surface area contributed by atoms with Gasteiger partial charge in [0.1, 0.15) is 10.8 Å². The zero-order chi connectivity index (χ0) is 13.2. The van der Waals surface area contributed by atoms with Gasteiger partial charge in [-0.05, 0) is 18.6 Å². The standard InChI is InChI=1S/C12H19N3O2S/c1-16-8-9-17-7-3-6-15-12-10(11(13)18)4-2-5-14-12/h2,4-5H,3,6-9H2,1H3,(H2,13,18)(H,14,15). The molecule has 0 atom stereocenters. The molecule has 0 spiro atoms. The third kappa shape index (κ3) is 5.39. The lowest BCUT2D eigenvalue weighted by atomic mass is 10.2. The molecule has 6 heteroatoms. The minimum absolute atomic E-state index is 0.349. The Kier molecular flexibility index (Phi) is 7.24. The van der Waals surface area contributed by atoms with Gasteiger partial charge in [-0.25, -0.2) is 4.98 Å². The first-order valence-corrected chi connectivity index (χ1v) is 6.22. The van der Waals surface area contributed by atoms with Crippen LogP contribution in [0.4, 0.5) is 5.82 Å². The van der Waals surface area contributed by atoms with Gasteiger partial charge in [0.15, 0.2) is 0 Å². The molecule has 1 aromatic heterocycles. The van der Waals surface area contributed by atoms with Crippen LogP contribution >= 0.6 is 12.2 Å². The molecule has 0 bridgehead atoms. The Balaban J connectivity index is 2.25. The van der Waals surface area contributed by atoms with E-state index in [2.05, 4.69) is 10.3 Å². The molecule has 0 unspecified atom stereocenters. The largest absolute Gasteiger partial charge is 0.389 e. The summed E-state index contributed by atoms with van der Waals surface area (Å²) >= 11 is 4.96. The summed E-state index contributed by atoms with van der Waals surface area (Å²) in [5.41, 5.74) is 6.38. The van der Waals surface area contributed by atoms with Crippen molar-refractivity contribution in [2.45, 2.75) is 6.42 Å². The highest BCUT2D eigenvalue weighted by Gasteiger charge is 2.04. The van der Waals surface area contributed by atoms with Gasteiger partial charge in [-0.3, -0.25) is 0 Å². The van der Waals surface area contributed by atoms with E-state index in [0.29, 0.717) is 24.8 Å². The monoisotopic (exact) mass is 269 g/mol. The second-order valence-corrected chi connectivity index (χ2v) is 4.09. The number of anilines is 1. The smallest absolute Gasteiger partial charge is 0.136 e. The molecular weight excluding hydrogens is 250 g/mol. The van der Waals surface area contributed by atoms with Crippen molar-refractivity contribution >= 4 is 23.0 Å². The summed E-state index contributed by atoms with van der Waals surface area (Å²) in [6, 6.07) is 3.67. The number of hydrogen-bond donors (Lipinski definition) is 2. The van der Waals surface area contributed by atoms with Crippen LogP contribution in [-0.2, 0) is 9.47 Å². The molecule has 5 nitrogen and oxygen atoms in total. The predicted octanol–water partition coefficient (Wildman–Crippen LogP) is 1.18. The molecule has 100 valence electrons. The van der Waals surface area contributed by atoms with Crippen molar-refractivity contribution in [2.24, 2.45) is 5.73 Å². The highest BCUT2D eigenvalue weighted by molar-refractivity contribution is 7.80. The summed E-state index contributed by atoms with van der Waals surface area (Å²) in [7, 11) is 1.66. The number of nitrogens with zero attached hydrogens (tertiary/aromatic N) is 1. The number of pyridine rings is 1. The maximum Gasteiger partial charge on any atom is 0.136 e. The van der Waals surface area contributed by atoms with Crippen LogP contribution in [0.5, 0.6) is 0 Å². The van der Waals surface area contributed by atoms with Crippen LogP contribution in [0.1, 0.15) is 12.0 Å². The Bertz CT molecular complexity index is 374. The van der Waals surface area contributed by atoms with Crippen molar-refractivity contribution in [1.29, 1.82) is 0 Å². The number of nitrogens with two attached hydrogens (primary N) is 1. The molecule has 0 fully saturated rings. The molecule has 0 radical (unpaired) electrons. The van der Waals surface area contributed by atoms with E-state index >= 15 is 0 Å². The van der Waals surface area contributed by atoms with Crippen molar-refractivity contribution < 1.29 is 9.47 Å². The Hall–Kier alpha value is -1.24. The van der Waals surface area contributed by atoms with Gasteiger partial charge in [0.2, 0.25) is 0 Å².